The van der Waals surface area contributed by atoms with Crippen molar-refractivity contribution in [3.8, 4) is 17.1 Å². The lowest BCUT2D eigenvalue weighted by molar-refractivity contribution is 0.567. The lowest BCUT2D eigenvalue weighted by atomic mass is 10.0. The van der Waals surface area contributed by atoms with Crippen molar-refractivity contribution in [2.24, 2.45) is 4.99 Å². The molecule has 0 fully saturated rings. The Morgan fingerprint density at radius 2 is 1.89 bits per heavy atom. The van der Waals surface area contributed by atoms with E-state index in [-0.39, 0.29) is 6.04 Å². The molecule has 0 aliphatic carbocycles. The number of rotatable bonds is 2. The van der Waals surface area contributed by atoms with Gasteiger partial charge >= 0.3 is 0 Å². The van der Waals surface area contributed by atoms with E-state index in [1.165, 1.54) is 6.39 Å². The minimum atomic E-state index is -0.108. The second kappa shape index (κ2) is 6.56. The van der Waals surface area contributed by atoms with Crippen LogP contribution < -0.4 is 0 Å². The second-order valence-corrected chi connectivity index (χ2v) is 7.71. The van der Waals surface area contributed by atoms with E-state index >= 15 is 0 Å². The Balaban J connectivity index is 1.81. The molecule has 5 rings (SSSR count). The fraction of sp³-hybridized carbons (Fsp3) is 0.136. The van der Waals surface area contributed by atoms with E-state index in [4.69, 9.17) is 9.41 Å². The van der Waals surface area contributed by atoms with Crippen molar-refractivity contribution in [1.29, 1.82) is 0 Å². The van der Waals surface area contributed by atoms with E-state index in [9.17, 15) is 0 Å². The van der Waals surface area contributed by atoms with Crippen LogP contribution in [0.1, 0.15) is 35.5 Å². The Hall–Kier alpha value is -2.99. The van der Waals surface area contributed by atoms with Crippen molar-refractivity contribution in [2.45, 2.75) is 19.9 Å². The molecule has 4 aromatic rings. The summed E-state index contributed by atoms with van der Waals surface area (Å²) in [4.78, 5) is 14.0. The molecule has 0 bridgehead atoms. The molecule has 28 heavy (non-hydrogen) atoms. The molecule has 3 heterocycles. The molecule has 1 atom stereocenters. The normalized spacial score (nSPS) is 15.5. The molecule has 0 amide bonds. The van der Waals surface area contributed by atoms with Crippen LogP contribution in [-0.2, 0) is 0 Å². The number of hydrogen-bond acceptors (Lipinski definition) is 4. The van der Waals surface area contributed by atoms with Gasteiger partial charge in [0.05, 0.1) is 28.8 Å². The van der Waals surface area contributed by atoms with Gasteiger partial charge in [-0.25, -0.2) is 9.97 Å². The number of benzene rings is 2. The quantitative estimate of drug-likeness (QED) is 0.419. The summed E-state index contributed by atoms with van der Waals surface area (Å²) in [5, 5.41) is 0. The molecule has 0 radical (unpaired) electrons. The average Bonchev–Trinajstić information content (AvgIpc) is 3.29. The molecule has 1 aliphatic heterocycles. The minimum Gasteiger partial charge on any atom is -0.441 e. The SMILES string of the molecule is Cc1ncoc1-c1ncn2c1[C@H](C)N=C(c1ccccc1)c1cc(Br)ccc1-2. The van der Waals surface area contributed by atoms with Crippen LogP contribution in [0.3, 0.4) is 0 Å². The van der Waals surface area contributed by atoms with Crippen LogP contribution in [0.4, 0.5) is 0 Å². The predicted molar refractivity (Wildman–Crippen MR) is 112 cm³/mol. The van der Waals surface area contributed by atoms with E-state index in [1.807, 2.05) is 37.5 Å². The van der Waals surface area contributed by atoms with Gasteiger partial charge in [0.2, 0.25) is 0 Å². The molecule has 138 valence electrons. The molecule has 0 saturated heterocycles. The number of oxazole rings is 1. The summed E-state index contributed by atoms with van der Waals surface area (Å²) < 4.78 is 8.77. The molecular weight excluding hydrogens is 416 g/mol. The first-order chi connectivity index (χ1) is 13.6. The Morgan fingerprint density at radius 1 is 1.07 bits per heavy atom. The minimum absolute atomic E-state index is 0.108. The van der Waals surface area contributed by atoms with Crippen LogP contribution in [0, 0.1) is 6.92 Å². The summed E-state index contributed by atoms with van der Waals surface area (Å²) in [6, 6.07) is 16.4. The van der Waals surface area contributed by atoms with Gasteiger partial charge in [-0.2, -0.15) is 0 Å². The first-order valence-electron chi connectivity index (χ1n) is 9.04. The molecule has 0 unspecified atom stereocenters. The van der Waals surface area contributed by atoms with Crippen molar-refractivity contribution < 1.29 is 4.42 Å². The second-order valence-electron chi connectivity index (χ2n) is 6.80. The van der Waals surface area contributed by atoms with E-state index < -0.39 is 0 Å². The zero-order valence-corrected chi connectivity index (χ0v) is 17.0. The molecule has 1 aliphatic rings. The lowest BCUT2D eigenvalue weighted by Crippen LogP contribution is -2.06. The van der Waals surface area contributed by atoms with Crippen LogP contribution in [-0.4, -0.2) is 20.2 Å². The number of fused-ring (bicyclic) bond motifs is 3. The van der Waals surface area contributed by atoms with Gasteiger partial charge in [-0.1, -0.05) is 46.3 Å². The lowest BCUT2D eigenvalue weighted by Gasteiger charge is -2.12. The number of halogens is 1. The van der Waals surface area contributed by atoms with E-state index in [1.54, 1.807) is 0 Å². The summed E-state index contributed by atoms with van der Waals surface area (Å²) in [6.07, 6.45) is 3.31. The smallest absolute Gasteiger partial charge is 0.181 e. The fourth-order valence-electron chi connectivity index (χ4n) is 3.71. The largest absolute Gasteiger partial charge is 0.441 e. The van der Waals surface area contributed by atoms with Gasteiger partial charge in [0.15, 0.2) is 12.2 Å². The molecule has 0 N–H and O–H groups in total. The maximum Gasteiger partial charge on any atom is 0.181 e. The standard InChI is InChI=1S/C22H17BrN4O/c1-13-21-20(22-14(2)25-12-28-22)24-11-27(21)18-9-8-16(23)10-17(18)19(26-13)15-6-4-3-5-7-15/h3-13H,1-2H3/t13-/m0/s1. The van der Waals surface area contributed by atoms with Crippen molar-refractivity contribution in [2.75, 3.05) is 0 Å². The molecule has 2 aromatic carbocycles. The van der Waals surface area contributed by atoms with Crippen molar-refractivity contribution >= 4 is 21.6 Å². The molecule has 2 aromatic heterocycles. The summed E-state index contributed by atoms with van der Waals surface area (Å²) in [7, 11) is 0. The highest BCUT2D eigenvalue weighted by atomic mass is 79.9. The zero-order valence-electron chi connectivity index (χ0n) is 15.4. The predicted octanol–water partition coefficient (Wildman–Crippen LogP) is 5.51. The summed E-state index contributed by atoms with van der Waals surface area (Å²) in [5.41, 5.74) is 6.76. The van der Waals surface area contributed by atoms with Gasteiger partial charge < -0.3 is 4.42 Å². The maximum absolute atomic E-state index is 5.64. The average molecular weight is 433 g/mol. The topological polar surface area (TPSA) is 56.2 Å². The molecule has 5 nitrogen and oxygen atoms in total. The van der Waals surface area contributed by atoms with Crippen molar-refractivity contribution in [1.82, 2.24) is 14.5 Å². The monoisotopic (exact) mass is 432 g/mol. The van der Waals surface area contributed by atoms with Crippen molar-refractivity contribution in [3.63, 3.8) is 0 Å². The number of aryl methyl sites for hydroxylation is 1. The van der Waals surface area contributed by atoms with Gasteiger partial charge in [0.1, 0.15) is 12.0 Å². The highest BCUT2D eigenvalue weighted by Gasteiger charge is 2.28. The Labute approximate surface area is 170 Å². The Morgan fingerprint density at radius 3 is 2.64 bits per heavy atom. The van der Waals surface area contributed by atoms with E-state index in [2.05, 4.69) is 61.7 Å². The number of imidazole rings is 1. The first-order valence-corrected chi connectivity index (χ1v) is 9.84. The molecular formula is C22H17BrN4O. The van der Waals surface area contributed by atoms with Gasteiger partial charge in [-0.15, -0.1) is 0 Å². The number of hydrogen-bond donors (Lipinski definition) is 0. The van der Waals surface area contributed by atoms with Gasteiger partial charge in [-0.05, 0) is 32.0 Å². The van der Waals surface area contributed by atoms with Crippen molar-refractivity contribution in [3.05, 3.63) is 88.2 Å². The third-order valence-electron chi connectivity index (χ3n) is 5.00. The highest BCUT2D eigenvalue weighted by Crippen LogP contribution is 2.37. The van der Waals surface area contributed by atoms with E-state index in [0.717, 1.165) is 44.1 Å². The third kappa shape index (κ3) is 2.64. The number of aromatic nitrogens is 3. The molecule has 0 saturated carbocycles. The fourth-order valence-corrected chi connectivity index (χ4v) is 4.07. The van der Waals surface area contributed by atoms with Crippen LogP contribution in [0.15, 0.2) is 75.1 Å². The Kier molecular flexibility index (Phi) is 4.02. The zero-order chi connectivity index (χ0) is 19.3. The molecule has 0 spiro atoms. The number of nitrogens with zero attached hydrogens (tertiary/aromatic N) is 4. The maximum atomic E-state index is 5.64. The van der Waals surface area contributed by atoms with Crippen LogP contribution >= 0.6 is 15.9 Å². The molecule has 6 heteroatoms. The highest BCUT2D eigenvalue weighted by molar-refractivity contribution is 9.10. The van der Waals surface area contributed by atoms with Crippen LogP contribution in [0.2, 0.25) is 0 Å². The van der Waals surface area contributed by atoms with Gasteiger partial charge in [0.25, 0.3) is 0 Å². The third-order valence-corrected chi connectivity index (χ3v) is 5.50. The van der Waals surface area contributed by atoms with Crippen LogP contribution in [0.5, 0.6) is 0 Å². The van der Waals surface area contributed by atoms with Crippen LogP contribution in [0.25, 0.3) is 17.1 Å². The first kappa shape index (κ1) is 17.1. The Bertz CT molecular complexity index is 1210. The summed E-state index contributed by atoms with van der Waals surface area (Å²) in [6.45, 7) is 4.02. The summed E-state index contributed by atoms with van der Waals surface area (Å²) in [5.74, 6) is 0.692. The van der Waals surface area contributed by atoms with E-state index in [0.29, 0.717) is 5.76 Å². The number of aliphatic imine (C=N–C) groups is 1. The van der Waals surface area contributed by atoms with Gasteiger partial charge in [0, 0.05) is 15.6 Å². The van der Waals surface area contributed by atoms with Gasteiger partial charge in [-0.3, -0.25) is 9.56 Å². The summed E-state index contributed by atoms with van der Waals surface area (Å²) >= 11 is 3.61.